The molecule has 0 aliphatic heterocycles. The van der Waals surface area contributed by atoms with Crippen molar-refractivity contribution in [3.8, 4) is 0 Å². The van der Waals surface area contributed by atoms with Gasteiger partial charge in [-0.15, -0.1) is 0 Å². The molecule has 0 radical (unpaired) electrons. The van der Waals surface area contributed by atoms with Gasteiger partial charge in [0.2, 0.25) is 0 Å². The van der Waals surface area contributed by atoms with Gasteiger partial charge >= 0.3 is 0 Å². The topological polar surface area (TPSA) is 17.1 Å². The molecular formula is C11H16OSi. The van der Waals surface area contributed by atoms with Crippen LogP contribution in [0.2, 0.25) is 18.6 Å². The predicted molar refractivity (Wildman–Crippen MR) is 59.0 cm³/mol. The number of carbonyl (C=O) groups is 1. The molecule has 0 saturated carbocycles. The molecule has 2 heteroatoms. The zero-order chi connectivity index (χ0) is 9.90. The van der Waals surface area contributed by atoms with E-state index in [4.69, 9.17) is 0 Å². The van der Waals surface area contributed by atoms with E-state index in [9.17, 15) is 4.79 Å². The molecule has 0 aromatic heterocycles. The van der Waals surface area contributed by atoms with Crippen LogP contribution in [-0.4, -0.2) is 14.4 Å². The number of rotatable bonds is 3. The highest BCUT2D eigenvalue weighted by atomic mass is 28.3. The Balaban J connectivity index is 3.00. The number of hydrogen-bond donors (Lipinski definition) is 0. The van der Waals surface area contributed by atoms with Crippen LogP contribution in [0.3, 0.4) is 0 Å². The second-order valence-corrected chi connectivity index (χ2v) is 8.94. The molecule has 0 aliphatic rings. The lowest BCUT2D eigenvalue weighted by Crippen LogP contribution is -2.45. The van der Waals surface area contributed by atoms with E-state index in [0.717, 1.165) is 6.29 Å². The van der Waals surface area contributed by atoms with E-state index in [1.807, 2.05) is 25.1 Å². The van der Waals surface area contributed by atoms with Gasteiger partial charge in [-0.1, -0.05) is 55.5 Å². The zero-order valence-corrected chi connectivity index (χ0v) is 9.45. The van der Waals surface area contributed by atoms with Crippen LogP contribution < -0.4 is 5.19 Å². The van der Waals surface area contributed by atoms with Gasteiger partial charge in [0.05, 0.1) is 8.07 Å². The van der Waals surface area contributed by atoms with Gasteiger partial charge in [-0.05, 0) is 0 Å². The molecule has 0 fully saturated rings. The molecule has 0 spiro atoms. The number of benzene rings is 1. The van der Waals surface area contributed by atoms with Crippen LogP contribution in [0.5, 0.6) is 0 Å². The van der Waals surface area contributed by atoms with E-state index in [0.29, 0.717) is 0 Å². The summed E-state index contributed by atoms with van der Waals surface area (Å²) in [5.41, 5.74) is 0.190. The molecule has 1 atom stereocenters. The Labute approximate surface area is 80.8 Å². The minimum Gasteiger partial charge on any atom is -0.303 e. The SMILES string of the molecule is C[C@@H](C=O)[Si](C)(C)c1ccccc1. The molecule has 0 bridgehead atoms. The first-order valence-electron chi connectivity index (χ1n) is 4.60. The van der Waals surface area contributed by atoms with Crippen molar-refractivity contribution in [2.75, 3.05) is 0 Å². The van der Waals surface area contributed by atoms with Crippen molar-refractivity contribution in [2.45, 2.75) is 25.6 Å². The first kappa shape index (κ1) is 10.2. The van der Waals surface area contributed by atoms with Crippen LogP contribution in [-0.2, 0) is 4.79 Å². The second kappa shape index (κ2) is 3.88. The van der Waals surface area contributed by atoms with Gasteiger partial charge in [0, 0.05) is 5.54 Å². The van der Waals surface area contributed by atoms with Crippen LogP contribution >= 0.6 is 0 Å². The van der Waals surface area contributed by atoms with E-state index < -0.39 is 8.07 Å². The van der Waals surface area contributed by atoms with Gasteiger partial charge in [0.25, 0.3) is 0 Å². The third-order valence-corrected chi connectivity index (χ3v) is 7.09. The van der Waals surface area contributed by atoms with E-state index in [2.05, 4.69) is 25.2 Å². The van der Waals surface area contributed by atoms with Crippen molar-refractivity contribution in [1.82, 2.24) is 0 Å². The second-order valence-electron chi connectivity index (χ2n) is 4.01. The standard InChI is InChI=1S/C11H16OSi/c1-10(9-12)13(2,3)11-7-5-4-6-8-11/h4-10H,1-3H3/t10-/m0/s1. The van der Waals surface area contributed by atoms with Gasteiger partial charge in [-0.2, -0.15) is 0 Å². The summed E-state index contributed by atoms with van der Waals surface area (Å²) in [6.07, 6.45) is 1.08. The molecule has 0 saturated heterocycles. The van der Waals surface area contributed by atoms with Crippen molar-refractivity contribution in [2.24, 2.45) is 0 Å². The van der Waals surface area contributed by atoms with Crippen LogP contribution in [0.15, 0.2) is 30.3 Å². The van der Waals surface area contributed by atoms with Gasteiger partial charge in [-0.25, -0.2) is 0 Å². The quantitative estimate of drug-likeness (QED) is 0.530. The summed E-state index contributed by atoms with van der Waals surface area (Å²) in [6.45, 7) is 6.50. The van der Waals surface area contributed by atoms with Crippen molar-refractivity contribution in [3.05, 3.63) is 30.3 Å². The number of aldehydes is 1. The summed E-state index contributed by atoms with van der Waals surface area (Å²) in [5.74, 6) is 0. The van der Waals surface area contributed by atoms with Gasteiger partial charge < -0.3 is 4.79 Å². The molecule has 1 aromatic carbocycles. The van der Waals surface area contributed by atoms with Gasteiger partial charge in [-0.3, -0.25) is 0 Å². The van der Waals surface area contributed by atoms with Crippen molar-refractivity contribution in [3.63, 3.8) is 0 Å². The average Bonchev–Trinajstić information content (AvgIpc) is 2.18. The monoisotopic (exact) mass is 192 g/mol. The smallest absolute Gasteiger partial charge is 0.120 e. The summed E-state index contributed by atoms with van der Waals surface area (Å²) in [4.78, 5) is 10.8. The Morgan fingerprint density at radius 1 is 1.23 bits per heavy atom. The normalized spacial score (nSPS) is 13.8. The minimum atomic E-state index is -1.55. The van der Waals surface area contributed by atoms with E-state index in [1.54, 1.807) is 0 Å². The first-order chi connectivity index (χ1) is 6.09. The molecule has 0 amide bonds. The summed E-state index contributed by atoms with van der Waals surface area (Å²) >= 11 is 0. The highest BCUT2D eigenvalue weighted by molar-refractivity contribution is 6.92. The fourth-order valence-corrected chi connectivity index (χ4v) is 3.22. The fourth-order valence-electron chi connectivity index (χ4n) is 1.30. The van der Waals surface area contributed by atoms with E-state index >= 15 is 0 Å². The highest BCUT2D eigenvalue weighted by Crippen LogP contribution is 2.18. The Morgan fingerprint density at radius 3 is 2.23 bits per heavy atom. The van der Waals surface area contributed by atoms with E-state index in [1.165, 1.54) is 5.19 Å². The summed E-state index contributed by atoms with van der Waals surface area (Å²) in [5, 5.41) is 1.36. The van der Waals surface area contributed by atoms with Crippen molar-refractivity contribution < 1.29 is 4.79 Å². The molecule has 13 heavy (non-hydrogen) atoms. The molecule has 1 nitrogen and oxygen atoms in total. The lowest BCUT2D eigenvalue weighted by Gasteiger charge is -2.26. The Morgan fingerprint density at radius 2 is 1.77 bits per heavy atom. The van der Waals surface area contributed by atoms with Crippen LogP contribution in [0.25, 0.3) is 0 Å². The molecular weight excluding hydrogens is 176 g/mol. The average molecular weight is 192 g/mol. The highest BCUT2D eigenvalue weighted by Gasteiger charge is 2.29. The summed E-state index contributed by atoms with van der Waals surface area (Å²) in [6, 6.07) is 10.4. The molecule has 70 valence electrons. The Bertz CT molecular complexity index is 279. The fraction of sp³-hybridized carbons (Fsp3) is 0.364. The van der Waals surface area contributed by atoms with Crippen LogP contribution in [0, 0.1) is 0 Å². The maximum atomic E-state index is 10.8. The van der Waals surface area contributed by atoms with Gasteiger partial charge in [0.15, 0.2) is 0 Å². The zero-order valence-electron chi connectivity index (χ0n) is 8.45. The lowest BCUT2D eigenvalue weighted by atomic mass is 10.4. The Kier molecular flexibility index (Phi) is 3.04. The first-order valence-corrected chi connectivity index (χ1v) is 7.67. The number of hydrogen-bond acceptors (Lipinski definition) is 1. The van der Waals surface area contributed by atoms with Crippen molar-refractivity contribution >= 4 is 19.5 Å². The lowest BCUT2D eigenvalue weighted by molar-refractivity contribution is -0.107. The predicted octanol–water partition coefficient (Wildman–Crippen LogP) is 2.19. The number of carbonyl (C=O) groups excluding carboxylic acids is 1. The summed E-state index contributed by atoms with van der Waals surface area (Å²) in [7, 11) is -1.55. The molecule has 0 heterocycles. The third kappa shape index (κ3) is 2.07. The van der Waals surface area contributed by atoms with E-state index in [-0.39, 0.29) is 5.54 Å². The maximum Gasteiger partial charge on any atom is 0.120 e. The summed E-state index contributed by atoms with van der Waals surface area (Å²) < 4.78 is 0. The third-order valence-electron chi connectivity index (χ3n) is 2.86. The van der Waals surface area contributed by atoms with Crippen LogP contribution in [0.1, 0.15) is 6.92 Å². The van der Waals surface area contributed by atoms with Gasteiger partial charge in [0.1, 0.15) is 6.29 Å². The van der Waals surface area contributed by atoms with Crippen molar-refractivity contribution in [1.29, 1.82) is 0 Å². The van der Waals surface area contributed by atoms with Crippen LogP contribution in [0.4, 0.5) is 0 Å². The molecule has 1 aromatic rings. The Hall–Kier alpha value is -0.893. The molecule has 0 aliphatic carbocycles. The molecule has 0 unspecified atom stereocenters. The maximum absolute atomic E-state index is 10.8. The largest absolute Gasteiger partial charge is 0.303 e. The molecule has 1 rings (SSSR count). The minimum absolute atomic E-state index is 0.190. The molecule has 0 N–H and O–H groups in total.